The van der Waals surface area contributed by atoms with E-state index in [2.05, 4.69) is 9.97 Å². The van der Waals surface area contributed by atoms with Crippen molar-refractivity contribution in [3.63, 3.8) is 0 Å². The van der Waals surface area contributed by atoms with Crippen LogP contribution in [0.3, 0.4) is 0 Å². The minimum absolute atomic E-state index is 0.0422. The summed E-state index contributed by atoms with van der Waals surface area (Å²) in [6, 6.07) is 12.3. The number of carbonyl (C=O) groups excluding carboxylic acids is 1. The van der Waals surface area contributed by atoms with Gasteiger partial charge in [0.15, 0.2) is 0 Å². The lowest BCUT2D eigenvalue weighted by atomic mass is 10.2. The molecule has 0 bridgehead atoms. The smallest absolute Gasteiger partial charge is 0.247 e. The summed E-state index contributed by atoms with van der Waals surface area (Å²) in [6.45, 7) is 0.613. The van der Waals surface area contributed by atoms with Crippen molar-refractivity contribution < 1.29 is 4.79 Å². The van der Waals surface area contributed by atoms with Crippen LogP contribution in [0, 0.1) is 0 Å². The van der Waals surface area contributed by atoms with Gasteiger partial charge >= 0.3 is 0 Å². The Morgan fingerprint density at radius 2 is 2.12 bits per heavy atom. The van der Waals surface area contributed by atoms with Gasteiger partial charge in [-0.25, -0.2) is 4.98 Å². The summed E-state index contributed by atoms with van der Waals surface area (Å²) in [7, 11) is 0. The summed E-state index contributed by atoms with van der Waals surface area (Å²) >= 11 is 1.60. The number of thiazole rings is 1. The Morgan fingerprint density at radius 1 is 1.25 bits per heavy atom. The Kier molecular flexibility index (Phi) is 4.09. The summed E-state index contributed by atoms with van der Waals surface area (Å²) in [5, 5.41) is 0.863. The van der Waals surface area contributed by atoms with Crippen molar-refractivity contribution in [3.8, 4) is 0 Å². The number of benzene rings is 1. The van der Waals surface area contributed by atoms with E-state index in [9.17, 15) is 4.79 Å². The summed E-state index contributed by atoms with van der Waals surface area (Å²) in [6.07, 6.45) is 9.21. The molecule has 1 aliphatic carbocycles. The van der Waals surface area contributed by atoms with Crippen LogP contribution in [0.2, 0.25) is 0 Å². The SMILES string of the molecule is O=C(/C=C/c1nc2ccccc2s1)N(Cc1cccnc1)C1CC1. The quantitative estimate of drug-likeness (QED) is 0.664. The standard InChI is InChI=1S/C19H17N3OS/c23-19(10-9-18-21-16-5-1-2-6-17(16)24-18)22(15-7-8-15)13-14-4-3-11-20-12-14/h1-6,9-12,15H,7-8,13H2/b10-9+. The topological polar surface area (TPSA) is 46.1 Å². The maximum absolute atomic E-state index is 12.6. The number of para-hydroxylation sites is 1. The molecule has 0 unspecified atom stereocenters. The van der Waals surface area contributed by atoms with Crippen LogP contribution in [0.15, 0.2) is 54.9 Å². The first-order chi connectivity index (χ1) is 11.8. The summed E-state index contributed by atoms with van der Waals surface area (Å²) in [4.78, 5) is 23.2. The van der Waals surface area contributed by atoms with Crippen LogP contribution in [0.25, 0.3) is 16.3 Å². The predicted octanol–water partition coefficient (Wildman–Crippen LogP) is 3.90. The summed E-state index contributed by atoms with van der Waals surface area (Å²) in [5.41, 5.74) is 2.04. The average Bonchev–Trinajstić information content (AvgIpc) is 3.37. The first-order valence-corrected chi connectivity index (χ1v) is 8.84. The number of carbonyl (C=O) groups is 1. The Balaban J connectivity index is 1.50. The molecule has 1 aliphatic rings. The lowest BCUT2D eigenvalue weighted by Crippen LogP contribution is -2.31. The molecule has 0 spiro atoms. The summed E-state index contributed by atoms with van der Waals surface area (Å²) in [5.74, 6) is 0.0422. The Labute approximate surface area is 144 Å². The monoisotopic (exact) mass is 335 g/mol. The maximum Gasteiger partial charge on any atom is 0.247 e. The van der Waals surface area contributed by atoms with Gasteiger partial charge < -0.3 is 4.90 Å². The van der Waals surface area contributed by atoms with E-state index in [4.69, 9.17) is 0 Å². The molecule has 1 saturated carbocycles. The highest BCUT2D eigenvalue weighted by Gasteiger charge is 2.31. The van der Waals surface area contributed by atoms with Gasteiger partial charge in [-0.3, -0.25) is 9.78 Å². The number of aromatic nitrogens is 2. The van der Waals surface area contributed by atoms with Crippen LogP contribution < -0.4 is 0 Å². The first kappa shape index (κ1) is 15.0. The molecule has 0 N–H and O–H groups in total. The normalized spacial score (nSPS) is 14.3. The maximum atomic E-state index is 12.6. The van der Waals surface area contributed by atoms with Gasteiger partial charge in [-0.2, -0.15) is 0 Å². The molecule has 0 atom stereocenters. The van der Waals surface area contributed by atoms with E-state index in [1.807, 2.05) is 53.6 Å². The molecule has 4 rings (SSSR count). The molecule has 1 fully saturated rings. The molecule has 5 heteroatoms. The predicted molar refractivity (Wildman–Crippen MR) is 96.5 cm³/mol. The van der Waals surface area contributed by atoms with E-state index >= 15 is 0 Å². The van der Waals surface area contributed by atoms with Gasteiger partial charge in [0.2, 0.25) is 5.91 Å². The third-order valence-corrected chi connectivity index (χ3v) is 5.03. The zero-order valence-electron chi connectivity index (χ0n) is 13.1. The van der Waals surface area contributed by atoms with Crippen molar-refractivity contribution in [1.29, 1.82) is 0 Å². The van der Waals surface area contributed by atoms with Crippen LogP contribution in [0.5, 0.6) is 0 Å². The van der Waals surface area contributed by atoms with Gasteiger partial charge in [0.25, 0.3) is 0 Å². The van der Waals surface area contributed by atoms with Crippen molar-refractivity contribution in [1.82, 2.24) is 14.9 Å². The highest BCUT2D eigenvalue weighted by molar-refractivity contribution is 7.19. The van der Waals surface area contributed by atoms with Crippen LogP contribution in [0.4, 0.5) is 0 Å². The number of fused-ring (bicyclic) bond motifs is 1. The molecule has 0 saturated heterocycles. The van der Waals surface area contributed by atoms with E-state index in [0.717, 1.165) is 33.6 Å². The van der Waals surface area contributed by atoms with Gasteiger partial charge in [-0.05, 0) is 42.7 Å². The first-order valence-electron chi connectivity index (χ1n) is 8.03. The van der Waals surface area contributed by atoms with Gasteiger partial charge in [0.1, 0.15) is 5.01 Å². The molecule has 4 nitrogen and oxygen atoms in total. The van der Waals surface area contributed by atoms with E-state index in [1.165, 1.54) is 0 Å². The number of hydrogen-bond donors (Lipinski definition) is 0. The molecule has 2 heterocycles. The Bertz CT molecular complexity index is 851. The van der Waals surface area contributed by atoms with E-state index in [-0.39, 0.29) is 5.91 Å². The van der Waals surface area contributed by atoms with Gasteiger partial charge in [0.05, 0.1) is 10.2 Å². The van der Waals surface area contributed by atoms with Crippen LogP contribution in [0.1, 0.15) is 23.4 Å². The minimum Gasteiger partial charge on any atom is -0.332 e. The number of nitrogens with zero attached hydrogens (tertiary/aromatic N) is 3. The van der Waals surface area contributed by atoms with Crippen LogP contribution in [-0.2, 0) is 11.3 Å². The average molecular weight is 335 g/mol. The third kappa shape index (κ3) is 3.36. The Morgan fingerprint density at radius 3 is 2.88 bits per heavy atom. The lowest BCUT2D eigenvalue weighted by Gasteiger charge is -2.20. The molecule has 24 heavy (non-hydrogen) atoms. The lowest BCUT2D eigenvalue weighted by molar-refractivity contribution is -0.127. The van der Waals surface area contributed by atoms with Gasteiger partial charge in [0, 0.05) is 31.1 Å². The Hall–Kier alpha value is -2.53. The zero-order chi connectivity index (χ0) is 16.4. The fourth-order valence-corrected chi connectivity index (χ4v) is 3.53. The second-order valence-electron chi connectivity index (χ2n) is 5.91. The van der Waals surface area contributed by atoms with Crippen LogP contribution >= 0.6 is 11.3 Å². The number of rotatable bonds is 5. The highest BCUT2D eigenvalue weighted by Crippen LogP contribution is 2.29. The van der Waals surface area contributed by atoms with E-state index < -0.39 is 0 Å². The zero-order valence-corrected chi connectivity index (χ0v) is 13.9. The molecule has 2 aromatic heterocycles. The van der Waals surface area contributed by atoms with Gasteiger partial charge in [-0.1, -0.05) is 18.2 Å². The largest absolute Gasteiger partial charge is 0.332 e. The van der Waals surface area contributed by atoms with Crippen molar-refractivity contribution >= 4 is 33.5 Å². The molecule has 120 valence electrons. The molecular formula is C19H17N3OS. The molecule has 0 aliphatic heterocycles. The van der Waals surface area contributed by atoms with Gasteiger partial charge in [-0.15, -0.1) is 11.3 Å². The molecule has 3 aromatic rings. The molecular weight excluding hydrogens is 318 g/mol. The number of pyridine rings is 1. The molecule has 0 radical (unpaired) electrons. The van der Waals surface area contributed by atoms with E-state index in [0.29, 0.717) is 12.6 Å². The molecule has 1 aromatic carbocycles. The van der Waals surface area contributed by atoms with Crippen molar-refractivity contribution in [2.75, 3.05) is 0 Å². The summed E-state index contributed by atoms with van der Waals surface area (Å²) < 4.78 is 1.14. The van der Waals surface area contributed by atoms with Crippen molar-refractivity contribution in [3.05, 3.63) is 65.4 Å². The van der Waals surface area contributed by atoms with E-state index in [1.54, 1.807) is 23.6 Å². The fraction of sp³-hybridized carbons (Fsp3) is 0.211. The minimum atomic E-state index is 0.0422. The fourth-order valence-electron chi connectivity index (χ4n) is 2.66. The number of hydrogen-bond acceptors (Lipinski definition) is 4. The van der Waals surface area contributed by atoms with Crippen molar-refractivity contribution in [2.24, 2.45) is 0 Å². The molecule has 1 amide bonds. The highest BCUT2D eigenvalue weighted by atomic mass is 32.1. The number of amides is 1. The van der Waals surface area contributed by atoms with Crippen LogP contribution in [-0.4, -0.2) is 26.8 Å². The van der Waals surface area contributed by atoms with Crippen molar-refractivity contribution in [2.45, 2.75) is 25.4 Å². The second-order valence-corrected chi connectivity index (χ2v) is 6.97. The third-order valence-electron chi connectivity index (χ3n) is 4.03. The second kappa shape index (κ2) is 6.53.